The number of rotatable bonds is 2. The minimum absolute atomic E-state index is 0.123. The molecule has 0 aromatic heterocycles. The van der Waals surface area contributed by atoms with Gasteiger partial charge < -0.3 is 5.11 Å². The molecule has 0 fully saturated rings. The zero-order chi connectivity index (χ0) is 5.70. The Balaban J connectivity index is 3.37. The highest BCUT2D eigenvalue weighted by atomic mass is 16.2. The molecule has 0 aliphatic carbocycles. The summed E-state index contributed by atoms with van der Waals surface area (Å²) in [4.78, 5) is 0. The lowest BCUT2D eigenvalue weighted by molar-refractivity contribution is 0.300. The van der Waals surface area contributed by atoms with Gasteiger partial charge in [-0.1, -0.05) is 0 Å². The van der Waals surface area contributed by atoms with Crippen LogP contribution in [0, 0.1) is 5.41 Å². The fourth-order valence-corrected chi connectivity index (χ4v) is 0.230. The Bertz CT molecular complexity index is 92.3. The Kier molecular flexibility index (Phi) is 3.29. The molecule has 7 heavy (non-hydrogen) atoms. The van der Waals surface area contributed by atoms with E-state index in [4.69, 9.17) is 10.5 Å². The van der Waals surface area contributed by atoms with Crippen LogP contribution in [0.5, 0.6) is 0 Å². The van der Waals surface area contributed by atoms with Crippen LogP contribution < -0.4 is 0 Å². The number of aliphatic hydroxyl groups is 1. The summed E-state index contributed by atoms with van der Waals surface area (Å²) < 4.78 is 0. The van der Waals surface area contributed by atoms with Gasteiger partial charge in [-0.15, -0.1) is 0 Å². The molecule has 0 amide bonds. The molecule has 0 rings (SSSR count). The maximum Gasteiger partial charge on any atom is 0.0474 e. The Hall–Kier alpha value is -0.590. The lowest BCUT2D eigenvalue weighted by atomic mass is 10.3. The summed E-state index contributed by atoms with van der Waals surface area (Å²) in [5, 5.41) is 14.7. The lowest BCUT2D eigenvalue weighted by Crippen LogP contribution is -1.82. The molecule has 2 heteroatoms. The van der Waals surface area contributed by atoms with Gasteiger partial charge in [0, 0.05) is 13.0 Å². The zero-order valence-corrected chi connectivity index (χ0v) is 4.36. The van der Waals surface area contributed by atoms with E-state index in [1.165, 1.54) is 0 Å². The maximum atomic E-state index is 8.22. The molecular weight excluding hydrogens is 90.1 g/mol. The van der Waals surface area contributed by atoms with E-state index in [-0.39, 0.29) is 6.61 Å². The summed E-state index contributed by atoms with van der Waals surface area (Å²) in [6.45, 7) is 1.89. The van der Waals surface area contributed by atoms with Crippen LogP contribution in [0.15, 0.2) is 5.57 Å². The fraction of sp³-hybridized carbons (Fsp3) is 0.600. The molecule has 0 radical (unpaired) electrons. The van der Waals surface area contributed by atoms with Crippen LogP contribution in [0.4, 0.5) is 0 Å². The number of hydrogen-bond acceptors (Lipinski definition) is 2. The van der Waals surface area contributed by atoms with Gasteiger partial charge >= 0.3 is 0 Å². The smallest absolute Gasteiger partial charge is 0.0474 e. The van der Waals surface area contributed by atoms with Crippen molar-refractivity contribution in [2.45, 2.75) is 13.3 Å². The number of aliphatic hydroxyl groups excluding tert-OH is 1. The van der Waals surface area contributed by atoms with E-state index in [1.807, 2.05) is 0 Å². The largest absolute Gasteiger partial charge is 0.396 e. The normalized spacial score (nSPS) is 7.71. The van der Waals surface area contributed by atoms with Gasteiger partial charge in [-0.3, -0.25) is 5.41 Å². The van der Waals surface area contributed by atoms with Gasteiger partial charge in [0.25, 0.3) is 0 Å². The van der Waals surface area contributed by atoms with Crippen molar-refractivity contribution in [1.82, 2.24) is 0 Å². The van der Waals surface area contributed by atoms with E-state index in [2.05, 4.69) is 5.87 Å². The van der Waals surface area contributed by atoms with Crippen molar-refractivity contribution < 1.29 is 5.11 Å². The van der Waals surface area contributed by atoms with Crippen LogP contribution in [0.1, 0.15) is 13.3 Å². The molecule has 2 nitrogen and oxygen atoms in total. The monoisotopic (exact) mass is 99.1 g/mol. The first kappa shape index (κ1) is 6.41. The number of nitrogens with one attached hydrogen (secondary N) is 1. The standard InChI is InChI=1S/C5H9NO/c1-5(4-6)2-3-7/h6-7H,2-3H2,1H3. The molecular formula is C5H9NO. The van der Waals surface area contributed by atoms with Crippen molar-refractivity contribution in [3.05, 3.63) is 5.57 Å². The fourth-order valence-electron chi connectivity index (χ4n) is 0.230. The van der Waals surface area contributed by atoms with Gasteiger partial charge in [0.2, 0.25) is 0 Å². The third kappa shape index (κ3) is 3.23. The van der Waals surface area contributed by atoms with Crippen molar-refractivity contribution in [2.75, 3.05) is 6.61 Å². The van der Waals surface area contributed by atoms with E-state index in [1.54, 1.807) is 6.92 Å². The zero-order valence-electron chi connectivity index (χ0n) is 4.36. The lowest BCUT2D eigenvalue weighted by Gasteiger charge is -1.85. The summed E-state index contributed by atoms with van der Waals surface area (Å²) in [7, 11) is 0. The van der Waals surface area contributed by atoms with Crippen LogP contribution >= 0.6 is 0 Å². The molecule has 0 saturated heterocycles. The highest BCUT2D eigenvalue weighted by Gasteiger charge is 1.81. The minimum atomic E-state index is 0.123. The molecule has 0 unspecified atom stereocenters. The van der Waals surface area contributed by atoms with Crippen molar-refractivity contribution in [3.8, 4) is 0 Å². The highest BCUT2D eigenvalue weighted by molar-refractivity contribution is 5.53. The first-order valence-electron chi connectivity index (χ1n) is 2.17. The second kappa shape index (κ2) is 3.59. The topological polar surface area (TPSA) is 44.1 Å². The van der Waals surface area contributed by atoms with Gasteiger partial charge in [-0.25, -0.2) is 0 Å². The summed E-state index contributed by atoms with van der Waals surface area (Å²) in [5.41, 5.74) is 0.794. The number of hydrogen-bond donors (Lipinski definition) is 2. The van der Waals surface area contributed by atoms with Crippen LogP contribution in [-0.2, 0) is 0 Å². The summed E-state index contributed by atoms with van der Waals surface area (Å²) in [6.07, 6.45) is 0.573. The van der Waals surface area contributed by atoms with E-state index in [0.29, 0.717) is 6.42 Å². The molecule has 40 valence electrons. The molecule has 0 aliphatic heterocycles. The van der Waals surface area contributed by atoms with Crippen LogP contribution in [0.3, 0.4) is 0 Å². The summed E-state index contributed by atoms with van der Waals surface area (Å²) >= 11 is 0. The van der Waals surface area contributed by atoms with Crippen LogP contribution in [0.2, 0.25) is 0 Å². The third-order valence-corrected chi connectivity index (χ3v) is 0.700. The average Bonchev–Trinajstić information content (AvgIpc) is 1.68. The van der Waals surface area contributed by atoms with Gasteiger partial charge in [0.05, 0.1) is 0 Å². The van der Waals surface area contributed by atoms with Gasteiger partial charge in [0.15, 0.2) is 0 Å². The van der Waals surface area contributed by atoms with E-state index < -0.39 is 0 Å². The Morgan fingerprint density at radius 2 is 2.43 bits per heavy atom. The predicted octanol–water partition coefficient (Wildman–Crippen LogP) is 0.564. The van der Waals surface area contributed by atoms with Crippen molar-refractivity contribution in [1.29, 1.82) is 5.41 Å². The van der Waals surface area contributed by atoms with Crippen molar-refractivity contribution in [2.24, 2.45) is 0 Å². The van der Waals surface area contributed by atoms with Crippen molar-refractivity contribution in [3.63, 3.8) is 0 Å². The van der Waals surface area contributed by atoms with Crippen LogP contribution in [0.25, 0.3) is 0 Å². The highest BCUT2D eigenvalue weighted by Crippen LogP contribution is 1.89. The molecule has 0 aromatic rings. The average molecular weight is 99.1 g/mol. The molecule has 0 saturated carbocycles. The first-order valence-corrected chi connectivity index (χ1v) is 2.17. The second-order valence-corrected chi connectivity index (χ2v) is 1.38. The first-order chi connectivity index (χ1) is 3.31. The maximum absolute atomic E-state index is 8.22. The van der Waals surface area contributed by atoms with Gasteiger partial charge in [-0.2, -0.15) is 0 Å². The summed E-state index contributed by atoms with van der Waals surface area (Å²) in [5.74, 6) is 2.17. The van der Waals surface area contributed by atoms with E-state index >= 15 is 0 Å². The van der Waals surface area contributed by atoms with E-state index in [9.17, 15) is 0 Å². The Morgan fingerprint density at radius 3 is 2.57 bits per heavy atom. The molecule has 0 heterocycles. The molecule has 0 aromatic carbocycles. The molecule has 0 atom stereocenters. The van der Waals surface area contributed by atoms with Crippen molar-refractivity contribution >= 4 is 5.87 Å². The predicted molar refractivity (Wildman–Crippen MR) is 28.6 cm³/mol. The van der Waals surface area contributed by atoms with Gasteiger partial charge in [-0.05, 0) is 18.4 Å². The van der Waals surface area contributed by atoms with Gasteiger partial charge in [0.1, 0.15) is 0 Å². The minimum Gasteiger partial charge on any atom is -0.396 e. The van der Waals surface area contributed by atoms with Crippen LogP contribution in [-0.4, -0.2) is 17.6 Å². The van der Waals surface area contributed by atoms with E-state index in [0.717, 1.165) is 5.57 Å². The summed E-state index contributed by atoms with van der Waals surface area (Å²) in [6, 6.07) is 0. The molecule has 0 spiro atoms. The third-order valence-electron chi connectivity index (χ3n) is 0.700. The SMILES string of the molecule is CC(=C=N)CCO. The Labute approximate surface area is 43.0 Å². The quantitative estimate of drug-likeness (QED) is 0.488. The molecule has 0 aliphatic rings. The Morgan fingerprint density at radius 1 is 1.86 bits per heavy atom. The molecule has 2 N–H and O–H groups in total. The molecule has 0 bridgehead atoms. The second-order valence-electron chi connectivity index (χ2n) is 1.38.